The predicted octanol–water partition coefficient (Wildman–Crippen LogP) is 6.19. The fourth-order valence-electron chi connectivity index (χ4n) is 5.37. The molecule has 1 aliphatic heterocycles. The second-order valence-electron chi connectivity index (χ2n) is 10.9. The number of methoxy groups -OCH3 is 3. The molecule has 0 amide bonds. The largest absolute Gasteiger partial charge is 0.496 e. The van der Waals surface area contributed by atoms with Crippen molar-refractivity contribution < 1.29 is 47.5 Å². The van der Waals surface area contributed by atoms with Crippen molar-refractivity contribution >= 4 is 11.9 Å². The molecule has 46 heavy (non-hydrogen) atoms. The zero-order valence-electron chi connectivity index (χ0n) is 27.3. The average Bonchev–Trinajstić information content (AvgIpc) is 3.53. The minimum absolute atomic E-state index is 0.168. The third kappa shape index (κ3) is 8.70. The molecular formula is C36H44O10. The van der Waals surface area contributed by atoms with Gasteiger partial charge in [-0.3, -0.25) is 4.79 Å². The summed E-state index contributed by atoms with van der Waals surface area (Å²) in [5.74, 6) is 1.09. The van der Waals surface area contributed by atoms with Crippen LogP contribution in [0.4, 0.5) is 0 Å². The summed E-state index contributed by atoms with van der Waals surface area (Å²) in [5.41, 5.74) is 3.83. The highest BCUT2D eigenvalue weighted by molar-refractivity contribution is 5.89. The predicted molar refractivity (Wildman–Crippen MR) is 171 cm³/mol. The van der Waals surface area contributed by atoms with Crippen molar-refractivity contribution in [1.29, 1.82) is 0 Å². The number of carbonyl (C=O) groups is 2. The van der Waals surface area contributed by atoms with Crippen LogP contribution in [0.15, 0.2) is 54.6 Å². The molecule has 0 aromatic heterocycles. The Morgan fingerprint density at radius 2 is 1.48 bits per heavy atom. The van der Waals surface area contributed by atoms with Crippen molar-refractivity contribution in [2.24, 2.45) is 0 Å². The molecule has 0 N–H and O–H groups in total. The van der Waals surface area contributed by atoms with Crippen molar-refractivity contribution in [3.63, 3.8) is 0 Å². The standard InChI is InChI=1S/C36H44O10/c1-6-10-28-32(17-16-29(34(28)40-4)36(2)45-21-22-46-36)43-20-9-19-42-30-13-8-14-31(27(30)15-18-33(37)39-3)44-24-25-11-7-12-26(23-25)35(38)41-5/h7-8,11-14,16-17,23H,6,9-10,15,18-22,24H2,1-5H3. The minimum Gasteiger partial charge on any atom is -0.496 e. The molecule has 0 bridgehead atoms. The van der Waals surface area contributed by atoms with Gasteiger partial charge >= 0.3 is 11.9 Å². The van der Waals surface area contributed by atoms with Gasteiger partial charge in [-0.1, -0.05) is 31.5 Å². The normalized spacial score (nSPS) is 13.6. The lowest BCUT2D eigenvalue weighted by molar-refractivity contribution is -0.150. The van der Waals surface area contributed by atoms with E-state index in [1.54, 1.807) is 25.3 Å². The smallest absolute Gasteiger partial charge is 0.337 e. The topological polar surface area (TPSA) is 108 Å². The molecule has 0 radical (unpaired) electrons. The number of ether oxygens (including phenoxy) is 8. The van der Waals surface area contributed by atoms with Gasteiger partial charge in [0, 0.05) is 24.0 Å². The number of rotatable bonds is 17. The fraction of sp³-hybridized carbons (Fsp3) is 0.444. The molecule has 1 fully saturated rings. The van der Waals surface area contributed by atoms with Crippen molar-refractivity contribution in [3.05, 3.63) is 82.4 Å². The van der Waals surface area contributed by atoms with Gasteiger partial charge in [0.1, 0.15) is 29.6 Å². The van der Waals surface area contributed by atoms with Crippen LogP contribution in [-0.4, -0.2) is 59.7 Å². The van der Waals surface area contributed by atoms with Gasteiger partial charge in [0.2, 0.25) is 0 Å². The number of hydrogen-bond donors (Lipinski definition) is 0. The van der Waals surface area contributed by atoms with Crippen LogP contribution in [0.1, 0.15) is 65.7 Å². The molecule has 10 heteroatoms. The molecule has 3 aromatic carbocycles. The van der Waals surface area contributed by atoms with Crippen LogP contribution in [0.5, 0.6) is 23.0 Å². The molecule has 3 aromatic rings. The monoisotopic (exact) mass is 636 g/mol. The first-order chi connectivity index (χ1) is 22.3. The van der Waals surface area contributed by atoms with E-state index in [1.165, 1.54) is 14.2 Å². The van der Waals surface area contributed by atoms with Crippen molar-refractivity contribution in [1.82, 2.24) is 0 Å². The van der Waals surface area contributed by atoms with E-state index < -0.39 is 11.8 Å². The fourth-order valence-corrected chi connectivity index (χ4v) is 5.37. The van der Waals surface area contributed by atoms with Gasteiger partial charge in [0.05, 0.1) is 58.9 Å². The van der Waals surface area contributed by atoms with Crippen LogP contribution >= 0.6 is 0 Å². The average molecular weight is 637 g/mol. The van der Waals surface area contributed by atoms with Crippen LogP contribution in [0.3, 0.4) is 0 Å². The van der Waals surface area contributed by atoms with E-state index in [-0.39, 0.29) is 19.0 Å². The quantitative estimate of drug-likeness (QED) is 0.126. The minimum atomic E-state index is -0.850. The summed E-state index contributed by atoms with van der Waals surface area (Å²) >= 11 is 0. The molecule has 4 rings (SSSR count). The maximum Gasteiger partial charge on any atom is 0.337 e. The van der Waals surface area contributed by atoms with E-state index in [9.17, 15) is 9.59 Å². The highest BCUT2D eigenvalue weighted by Crippen LogP contribution is 2.42. The summed E-state index contributed by atoms with van der Waals surface area (Å²) in [6, 6.07) is 16.5. The first-order valence-electron chi connectivity index (χ1n) is 15.6. The Morgan fingerprint density at radius 3 is 2.13 bits per heavy atom. The molecule has 0 unspecified atom stereocenters. The third-order valence-electron chi connectivity index (χ3n) is 7.69. The highest BCUT2D eigenvalue weighted by atomic mass is 16.7. The van der Waals surface area contributed by atoms with Crippen molar-refractivity contribution in [3.8, 4) is 23.0 Å². The lowest BCUT2D eigenvalue weighted by Crippen LogP contribution is -2.24. The van der Waals surface area contributed by atoms with Gasteiger partial charge in [-0.15, -0.1) is 0 Å². The lowest BCUT2D eigenvalue weighted by Gasteiger charge is -2.27. The summed E-state index contributed by atoms with van der Waals surface area (Å²) in [5, 5.41) is 0. The Labute approximate surface area is 270 Å². The summed E-state index contributed by atoms with van der Waals surface area (Å²) in [4.78, 5) is 23.9. The van der Waals surface area contributed by atoms with Gasteiger partial charge in [-0.25, -0.2) is 4.79 Å². The van der Waals surface area contributed by atoms with Gasteiger partial charge in [0.25, 0.3) is 0 Å². The number of hydrogen-bond acceptors (Lipinski definition) is 10. The molecule has 248 valence electrons. The van der Waals surface area contributed by atoms with Crippen LogP contribution in [0.2, 0.25) is 0 Å². The highest BCUT2D eigenvalue weighted by Gasteiger charge is 2.37. The second-order valence-corrected chi connectivity index (χ2v) is 10.9. The maximum absolute atomic E-state index is 12.0. The molecule has 0 atom stereocenters. The van der Waals surface area contributed by atoms with Gasteiger partial charge in [0.15, 0.2) is 5.79 Å². The van der Waals surface area contributed by atoms with Crippen LogP contribution < -0.4 is 18.9 Å². The Morgan fingerprint density at radius 1 is 0.804 bits per heavy atom. The molecule has 0 spiro atoms. The Kier molecular flexibility index (Phi) is 12.7. The summed E-state index contributed by atoms with van der Waals surface area (Å²) in [6.07, 6.45) is 2.85. The summed E-state index contributed by atoms with van der Waals surface area (Å²) in [6.45, 7) is 6.11. The first kappa shape index (κ1) is 34.6. The SMILES string of the molecule is CCCc1c(OCCCOc2cccc(OCc3cccc(C(=O)OC)c3)c2CCC(=O)OC)ccc(C2(C)OCCO2)c1OC. The lowest BCUT2D eigenvalue weighted by atomic mass is 9.98. The maximum atomic E-state index is 12.0. The number of benzene rings is 3. The van der Waals surface area contributed by atoms with Crippen molar-refractivity contribution in [2.45, 2.75) is 58.3 Å². The molecule has 1 heterocycles. The van der Waals surface area contributed by atoms with E-state index in [0.717, 1.165) is 46.6 Å². The Balaban J connectivity index is 1.42. The second kappa shape index (κ2) is 16.9. The van der Waals surface area contributed by atoms with E-state index in [0.29, 0.717) is 56.3 Å². The Hall–Kier alpha value is -4.28. The van der Waals surface area contributed by atoms with Gasteiger partial charge in [-0.05, 0) is 61.7 Å². The zero-order chi connectivity index (χ0) is 32.9. The summed E-state index contributed by atoms with van der Waals surface area (Å²) < 4.78 is 45.9. The Bertz CT molecular complexity index is 1460. The molecule has 0 saturated carbocycles. The molecule has 1 aliphatic rings. The van der Waals surface area contributed by atoms with Crippen LogP contribution in [-0.2, 0) is 49.0 Å². The van der Waals surface area contributed by atoms with Crippen LogP contribution in [0, 0.1) is 0 Å². The van der Waals surface area contributed by atoms with E-state index >= 15 is 0 Å². The molecular weight excluding hydrogens is 592 g/mol. The molecule has 0 aliphatic carbocycles. The number of esters is 2. The molecule has 1 saturated heterocycles. The van der Waals surface area contributed by atoms with Gasteiger partial charge < -0.3 is 37.9 Å². The van der Waals surface area contributed by atoms with Crippen LogP contribution in [0.25, 0.3) is 0 Å². The van der Waals surface area contributed by atoms with E-state index in [4.69, 9.17) is 37.9 Å². The summed E-state index contributed by atoms with van der Waals surface area (Å²) in [7, 11) is 4.36. The van der Waals surface area contributed by atoms with E-state index in [2.05, 4.69) is 6.92 Å². The number of carbonyl (C=O) groups excluding carboxylic acids is 2. The zero-order valence-corrected chi connectivity index (χ0v) is 27.3. The van der Waals surface area contributed by atoms with Gasteiger partial charge in [-0.2, -0.15) is 0 Å². The van der Waals surface area contributed by atoms with Crippen molar-refractivity contribution in [2.75, 3.05) is 47.8 Å². The third-order valence-corrected chi connectivity index (χ3v) is 7.69. The van der Waals surface area contributed by atoms with E-state index in [1.807, 2.05) is 43.3 Å². The first-order valence-corrected chi connectivity index (χ1v) is 15.6. The molecule has 10 nitrogen and oxygen atoms in total.